The summed E-state index contributed by atoms with van der Waals surface area (Å²) in [6.45, 7) is 9.14. The standard InChI is InChI=1S/C18H26O2/c1-11-7-12(10-19)16(20)14(8-11)15-9-13-5-6-18(15,4)17(13,2)3/h7-8,13,15,19-20H,5-6,9-10H2,1-4H3/t13-,15-,18+/m0/s1. The molecule has 3 atom stereocenters. The molecule has 0 radical (unpaired) electrons. The van der Waals surface area contributed by atoms with Crippen molar-refractivity contribution in [3.63, 3.8) is 0 Å². The average molecular weight is 274 g/mol. The van der Waals surface area contributed by atoms with Crippen LogP contribution >= 0.6 is 0 Å². The summed E-state index contributed by atoms with van der Waals surface area (Å²) in [4.78, 5) is 0. The molecule has 2 bridgehead atoms. The topological polar surface area (TPSA) is 40.5 Å². The second kappa shape index (κ2) is 4.24. The molecule has 2 N–H and O–H groups in total. The third-order valence-electron chi connectivity index (χ3n) is 6.70. The monoisotopic (exact) mass is 274 g/mol. The van der Waals surface area contributed by atoms with Crippen molar-refractivity contribution in [1.82, 2.24) is 0 Å². The molecule has 3 rings (SSSR count). The Morgan fingerprint density at radius 2 is 1.95 bits per heavy atom. The van der Waals surface area contributed by atoms with Gasteiger partial charge in [-0.3, -0.25) is 0 Å². The highest BCUT2D eigenvalue weighted by Crippen LogP contribution is 2.71. The lowest BCUT2D eigenvalue weighted by Gasteiger charge is -2.40. The Morgan fingerprint density at radius 1 is 1.25 bits per heavy atom. The van der Waals surface area contributed by atoms with Crippen LogP contribution in [0.15, 0.2) is 12.1 Å². The quantitative estimate of drug-likeness (QED) is 0.851. The van der Waals surface area contributed by atoms with Crippen molar-refractivity contribution >= 4 is 0 Å². The maximum atomic E-state index is 10.5. The summed E-state index contributed by atoms with van der Waals surface area (Å²) in [5.41, 5.74) is 3.46. The van der Waals surface area contributed by atoms with Gasteiger partial charge in [-0.05, 0) is 54.4 Å². The number of benzene rings is 1. The smallest absolute Gasteiger partial charge is 0.124 e. The number of phenols is 1. The third kappa shape index (κ3) is 1.60. The number of hydrogen-bond acceptors (Lipinski definition) is 2. The van der Waals surface area contributed by atoms with Gasteiger partial charge in [-0.15, -0.1) is 0 Å². The molecule has 0 heterocycles. The molecule has 0 aromatic heterocycles. The van der Waals surface area contributed by atoms with E-state index in [1.165, 1.54) is 19.3 Å². The van der Waals surface area contributed by atoms with Gasteiger partial charge in [0.2, 0.25) is 0 Å². The fourth-order valence-corrected chi connectivity index (χ4v) is 4.94. The van der Waals surface area contributed by atoms with Crippen molar-refractivity contribution in [2.45, 2.75) is 59.5 Å². The van der Waals surface area contributed by atoms with Crippen LogP contribution in [0, 0.1) is 23.7 Å². The first-order valence-corrected chi connectivity index (χ1v) is 7.74. The van der Waals surface area contributed by atoms with E-state index in [9.17, 15) is 10.2 Å². The minimum absolute atomic E-state index is 0.0865. The van der Waals surface area contributed by atoms with E-state index in [1.807, 2.05) is 13.0 Å². The molecule has 110 valence electrons. The Hall–Kier alpha value is -1.02. The van der Waals surface area contributed by atoms with E-state index in [1.54, 1.807) is 0 Å². The van der Waals surface area contributed by atoms with Crippen molar-refractivity contribution in [3.05, 3.63) is 28.8 Å². The maximum absolute atomic E-state index is 10.5. The van der Waals surface area contributed by atoms with Gasteiger partial charge in [0.1, 0.15) is 5.75 Å². The van der Waals surface area contributed by atoms with E-state index in [2.05, 4.69) is 26.8 Å². The Labute approximate surface area is 121 Å². The third-order valence-corrected chi connectivity index (χ3v) is 6.70. The Morgan fingerprint density at radius 3 is 2.45 bits per heavy atom. The summed E-state index contributed by atoms with van der Waals surface area (Å²) in [6.07, 6.45) is 3.74. The first-order valence-electron chi connectivity index (χ1n) is 7.74. The zero-order valence-electron chi connectivity index (χ0n) is 13.0. The zero-order valence-corrected chi connectivity index (χ0v) is 13.0. The van der Waals surface area contributed by atoms with Crippen LogP contribution in [0.3, 0.4) is 0 Å². The van der Waals surface area contributed by atoms with Crippen LogP contribution in [0.1, 0.15) is 62.6 Å². The first kappa shape index (κ1) is 13.9. The number of hydrogen-bond donors (Lipinski definition) is 2. The average Bonchev–Trinajstić information content (AvgIpc) is 2.73. The van der Waals surface area contributed by atoms with Gasteiger partial charge in [-0.2, -0.15) is 0 Å². The molecule has 2 fully saturated rings. The Balaban J connectivity index is 2.10. The lowest BCUT2D eigenvalue weighted by Crippen LogP contribution is -2.31. The van der Waals surface area contributed by atoms with E-state index in [0.717, 1.165) is 17.0 Å². The molecule has 0 spiro atoms. The summed E-state index contributed by atoms with van der Waals surface area (Å²) in [6, 6.07) is 4.01. The molecule has 2 heteroatoms. The largest absolute Gasteiger partial charge is 0.507 e. The number of aliphatic hydroxyl groups is 1. The molecular weight excluding hydrogens is 248 g/mol. The van der Waals surface area contributed by atoms with Crippen LogP contribution in [0.4, 0.5) is 0 Å². The first-order chi connectivity index (χ1) is 9.31. The second-order valence-electron chi connectivity index (χ2n) is 7.68. The van der Waals surface area contributed by atoms with Crippen LogP contribution in [0.2, 0.25) is 0 Å². The molecule has 2 saturated carbocycles. The normalized spacial score (nSPS) is 34.6. The molecule has 0 unspecified atom stereocenters. The molecule has 2 nitrogen and oxygen atoms in total. The van der Waals surface area contributed by atoms with E-state index in [-0.39, 0.29) is 12.0 Å². The lowest BCUT2D eigenvalue weighted by atomic mass is 9.64. The molecule has 1 aromatic rings. The number of aliphatic hydroxyl groups excluding tert-OH is 1. The maximum Gasteiger partial charge on any atom is 0.124 e. The van der Waals surface area contributed by atoms with Gasteiger partial charge in [0, 0.05) is 5.56 Å². The summed E-state index contributed by atoms with van der Waals surface area (Å²) in [5.74, 6) is 1.50. The van der Waals surface area contributed by atoms with Gasteiger partial charge in [-0.25, -0.2) is 0 Å². The molecule has 0 amide bonds. The highest BCUT2D eigenvalue weighted by molar-refractivity contribution is 5.47. The fraction of sp³-hybridized carbons (Fsp3) is 0.667. The van der Waals surface area contributed by atoms with Crippen LogP contribution in [-0.2, 0) is 6.61 Å². The number of fused-ring (bicyclic) bond motifs is 2. The van der Waals surface area contributed by atoms with Crippen molar-refractivity contribution in [2.24, 2.45) is 16.7 Å². The number of aryl methyl sites for hydroxylation is 1. The van der Waals surface area contributed by atoms with Crippen LogP contribution in [0.25, 0.3) is 0 Å². The Bertz CT molecular complexity index is 547. The molecule has 2 aliphatic rings. The van der Waals surface area contributed by atoms with Crippen LogP contribution in [-0.4, -0.2) is 10.2 Å². The van der Waals surface area contributed by atoms with E-state index < -0.39 is 0 Å². The molecular formula is C18H26O2. The lowest BCUT2D eigenvalue weighted by molar-refractivity contribution is 0.133. The summed E-state index contributed by atoms with van der Waals surface area (Å²) < 4.78 is 0. The fourth-order valence-electron chi connectivity index (χ4n) is 4.94. The SMILES string of the molecule is Cc1cc(CO)c(O)c([C@@H]2C[C@@H]3CC[C@@]2(C)C3(C)C)c1. The predicted octanol–water partition coefficient (Wildman–Crippen LogP) is 4.12. The minimum atomic E-state index is -0.0865. The van der Waals surface area contributed by atoms with E-state index >= 15 is 0 Å². The molecule has 0 aliphatic heterocycles. The van der Waals surface area contributed by atoms with E-state index in [0.29, 0.717) is 22.6 Å². The highest BCUT2D eigenvalue weighted by Gasteiger charge is 2.61. The summed E-state index contributed by atoms with van der Waals surface area (Å²) >= 11 is 0. The zero-order chi connectivity index (χ0) is 14.7. The van der Waals surface area contributed by atoms with Crippen molar-refractivity contribution in [1.29, 1.82) is 0 Å². The van der Waals surface area contributed by atoms with Crippen LogP contribution < -0.4 is 0 Å². The molecule has 2 aliphatic carbocycles. The second-order valence-corrected chi connectivity index (χ2v) is 7.68. The summed E-state index contributed by atoms with van der Waals surface area (Å²) in [5, 5.41) is 20.0. The van der Waals surface area contributed by atoms with E-state index in [4.69, 9.17) is 0 Å². The summed E-state index contributed by atoms with van der Waals surface area (Å²) in [7, 11) is 0. The van der Waals surface area contributed by atoms with Crippen LogP contribution in [0.5, 0.6) is 5.75 Å². The molecule has 1 aromatic carbocycles. The van der Waals surface area contributed by atoms with Gasteiger partial charge in [-0.1, -0.05) is 38.5 Å². The van der Waals surface area contributed by atoms with Crippen molar-refractivity contribution in [3.8, 4) is 5.75 Å². The van der Waals surface area contributed by atoms with Gasteiger partial charge in [0.25, 0.3) is 0 Å². The van der Waals surface area contributed by atoms with Gasteiger partial charge in [0.15, 0.2) is 0 Å². The van der Waals surface area contributed by atoms with Crippen molar-refractivity contribution < 1.29 is 10.2 Å². The Kier molecular flexibility index (Phi) is 2.95. The van der Waals surface area contributed by atoms with Gasteiger partial charge < -0.3 is 10.2 Å². The highest BCUT2D eigenvalue weighted by atomic mass is 16.3. The predicted molar refractivity (Wildman–Crippen MR) is 80.7 cm³/mol. The van der Waals surface area contributed by atoms with Gasteiger partial charge in [0.05, 0.1) is 6.61 Å². The van der Waals surface area contributed by atoms with Gasteiger partial charge >= 0.3 is 0 Å². The number of rotatable bonds is 2. The molecule has 20 heavy (non-hydrogen) atoms. The van der Waals surface area contributed by atoms with Crippen molar-refractivity contribution in [2.75, 3.05) is 0 Å². The molecule has 0 saturated heterocycles. The number of aromatic hydroxyl groups is 1. The minimum Gasteiger partial charge on any atom is -0.507 e.